The van der Waals surface area contributed by atoms with Crippen LogP contribution in [0.4, 0.5) is 13.2 Å². The molecule has 1 saturated heterocycles. The lowest BCUT2D eigenvalue weighted by atomic mass is 9.90. The molecule has 0 spiro atoms. The fraction of sp³-hybridized carbons (Fsp3) is 0.320. The van der Waals surface area contributed by atoms with Gasteiger partial charge in [0.15, 0.2) is 21.5 Å². The Hall–Kier alpha value is -3.31. The van der Waals surface area contributed by atoms with E-state index in [2.05, 4.69) is 20.0 Å². The SMILES string of the molecule is CS(=O)(=O)CON=C(c1ccc(F)c(F)c1)c1ccc(CN2CCC(c3ccc(F)nc3)CC2)cn1. The molecule has 1 aliphatic heterocycles. The molecule has 190 valence electrons. The number of hydrogen-bond acceptors (Lipinski definition) is 7. The van der Waals surface area contributed by atoms with E-state index in [9.17, 15) is 21.6 Å². The standard InChI is InChI=1S/C25H25F3N4O3S/c1-36(33,34)16-35-31-25(19-3-5-21(26)22(27)12-19)23-6-2-17(13-29-23)15-32-10-8-18(9-11-32)20-4-7-24(28)30-14-20/h2-7,12-14,18H,8-11,15-16H2,1H3. The number of halogens is 3. The topological polar surface area (TPSA) is 84.8 Å². The number of rotatable bonds is 8. The number of hydrogen-bond donors (Lipinski definition) is 0. The third-order valence-corrected chi connectivity index (χ3v) is 6.43. The van der Waals surface area contributed by atoms with Crippen LogP contribution in [0.5, 0.6) is 0 Å². The van der Waals surface area contributed by atoms with Gasteiger partial charge < -0.3 is 4.84 Å². The van der Waals surface area contributed by atoms with Crippen LogP contribution in [-0.4, -0.2) is 54.3 Å². The summed E-state index contributed by atoms with van der Waals surface area (Å²) in [6.45, 7) is 2.40. The number of likely N-dealkylation sites (tertiary alicyclic amines) is 1. The molecule has 11 heteroatoms. The minimum Gasteiger partial charge on any atom is -0.379 e. The Morgan fingerprint density at radius 2 is 1.81 bits per heavy atom. The highest BCUT2D eigenvalue weighted by Gasteiger charge is 2.21. The number of nitrogens with zero attached hydrogens (tertiary/aromatic N) is 4. The first-order valence-corrected chi connectivity index (χ1v) is 13.4. The van der Waals surface area contributed by atoms with Crippen LogP contribution in [0, 0.1) is 17.6 Å². The maximum absolute atomic E-state index is 13.8. The summed E-state index contributed by atoms with van der Waals surface area (Å²) in [5, 5.41) is 3.86. The molecule has 0 radical (unpaired) electrons. The molecule has 0 unspecified atom stereocenters. The van der Waals surface area contributed by atoms with Crippen LogP contribution in [-0.2, 0) is 21.2 Å². The normalized spacial score (nSPS) is 15.7. The van der Waals surface area contributed by atoms with Crippen LogP contribution in [0.25, 0.3) is 0 Å². The van der Waals surface area contributed by atoms with E-state index in [1.165, 1.54) is 12.1 Å². The second kappa shape index (κ2) is 11.2. The Kier molecular flexibility index (Phi) is 8.00. The van der Waals surface area contributed by atoms with E-state index in [-0.39, 0.29) is 11.3 Å². The van der Waals surface area contributed by atoms with E-state index in [1.54, 1.807) is 24.5 Å². The van der Waals surface area contributed by atoms with Gasteiger partial charge in [-0.05, 0) is 73.3 Å². The van der Waals surface area contributed by atoms with Gasteiger partial charge in [0, 0.05) is 30.8 Å². The first-order valence-electron chi connectivity index (χ1n) is 11.3. The van der Waals surface area contributed by atoms with E-state index in [0.717, 1.165) is 55.4 Å². The molecule has 0 aliphatic carbocycles. The van der Waals surface area contributed by atoms with Crippen LogP contribution in [0.2, 0.25) is 0 Å². The lowest BCUT2D eigenvalue weighted by Crippen LogP contribution is -2.32. The highest BCUT2D eigenvalue weighted by atomic mass is 32.2. The molecule has 3 aromatic rings. The summed E-state index contributed by atoms with van der Waals surface area (Å²) >= 11 is 0. The fourth-order valence-corrected chi connectivity index (χ4v) is 4.29. The number of piperidine rings is 1. The van der Waals surface area contributed by atoms with E-state index in [1.807, 2.05) is 6.07 Å². The Balaban J connectivity index is 1.44. The summed E-state index contributed by atoms with van der Waals surface area (Å²) in [5.41, 5.74) is 2.59. The fourth-order valence-electron chi connectivity index (χ4n) is 4.05. The molecule has 7 nitrogen and oxygen atoms in total. The van der Waals surface area contributed by atoms with Gasteiger partial charge in [0.1, 0.15) is 5.71 Å². The van der Waals surface area contributed by atoms with Crippen molar-refractivity contribution in [3.63, 3.8) is 0 Å². The van der Waals surface area contributed by atoms with Gasteiger partial charge in [-0.1, -0.05) is 17.3 Å². The summed E-state index contributed by atoms with van der Waals surface area (Å²) in [7, 11) is -3.46. The zero-order valence-electron chi connectivity index (χ0n) is 19.6. The van der Waals surface area contributed by atoms with E-state index in [4.69, 9.17) is 4.84 Å². The van der Waals surface area contributed by atoms with Gasteiger partial charge in [-0.3, -0.25) is 9.88 Å². The molecule has 0 atom stereocenters. The van der Waals surface area contributed by atoms with E-state index < -0.39 is 33.4 Å². The van der Waals surface area contributed by atoms with Gasteiger partial charge >= 0.3 is 0 Å². The highest BCUT2D eigenvalue weighted by Crippen LogP contribution is 2.28. The van der Waals surface area contributed by atoms with Crippen molar-refractivity contribution in [3.8, 4) is 0 Å². The summed E-state index contributed by atoms with van der Waals surface area (Å²) in [6.07, 6.45) is 6.13. The van der Waals surface area contributed by atoms with Crippen molar-refractivity contribution in [1.29, 1.82) is 0 Å². The number of sulfone groups is 1. The Bertz CT molecular complexity index is 1330. The minimum atomic E-state index is -3.46. The molecule has 2 aromatic heterocycles. The third-order valence-electron chi connectivity index (χ3n) is 5.90. The van der Waals surface area contributed by atoms with Gasteiger partial charge in [-0.25, -0.2) is 22.2 Å². The number of pyridine rings is 2. The van der Waals surface area contributed by atoms with E-state index in [0.29, 0.717) is 18.2 Å². The monoisotopic (exact) mass is 518 g/mol. The first kappa shape index (κ1) is 25.8. The average Bonchev–Trinajstić information content (AvgIpc) is 2.85. The predicted octanol–water partition coefficient (Wildman–Crippen LogP) is 4.04. The van der Waals surface area contributed by atoms with Crippen molar-refractivity contribution in [2.24, 2.45) is 5.16 Å². The molecule has 0 amide bonds. The summed E-state index contributed by atoms with van der Waals surface area (Å²) in [6, 6.07) is 9.93. The minimum absolute atomic E-state index is 0.0813. The number of benzene rings is 1. The van der Waals surface area contributed by atoms with Gasteiger partial charge in [0.05, 0.1) is 5.69 Å². The third kappa shape index (κ3) is 6.88. The zero-order valence-corrected chi connectivity index (χ0v) is 20.4. The van der Waals surface area contributed by atoms with Gasteiger partial charge in [0.2, 0.25) is 11.9 Å². The maximum Gasteiger partial charge on any atom is 0.217 e. The van der Waals surface area contributed by atoms with Crippen molar-refractivity contribution in [2.75, 3.05) is 25.3 Å². The van der Waals surface area contributed by atoms with E-state index >= 15 is 0 Å². The molecule has 1 aromatic carbocycles. The molecule has 3 heterocycles. The number of aromatic nitrogens is 2. The second-order valence-electron chi connectivity index (χ2n) is 8.76. The largest absolute Gasteiger partial charge is 0.379 e. The molecule has 1 aliphatic rings. The molecule has 0 saturated carbocycles. The quantitative estimate of drug-likeness (QED) is 0.254. The van der Waals surface area contributed by atoms with Crippen molar-refractivity contribution in [2.45, 2.75) is 25.3 Å². The predicted molar refractivity (Wildman–Crippen MR) is 128 cm³/mol. The molecular weight excluding hydrogens is 493 g/mol. The lowest BCUT2D eigenvalue weighted by molar-refractivity contribution is 0.190. The molecular formula is C25H25F3N4O3S. The molecule has 4 rings (SSSR count). The average molecular weight is 519 g/mol. The van der Waals surface area contributed by atoms with Gasteiger partial charge in [0.25, 0.3) is 0 Å². The van der Waals surface area contributed by atoms with Crippen molar-refractivity contribution >= 4 is 15.5 Å². The summed E-state index contributed by atoms with van der Waals surface area (Å²) in [4.78, 5) is 15.4. The van der Waals surface area contributed by atoms with Crippen molar-refractivity contribution in [3.05, 3.63) is 94.8 Å². The molecule has 1 fully saturated rings. The van der Waals surface area contributed by atoms with Crippen LogP contribution in [0.3, 0.4) is 0 Å². The number of oxime groups is 1. The zero-order chi connectivity index (χ0) is 25.7. The van der Waals surface area contributed by atoms with Crippen LogP contribution in [0.15, 0.2) is 60.0 Å². The maximum atomic E-state index is 13.8. The smallest absolute Gasteiger partial charge is 0.217 e. The van der Waals surface area contributed by atoms with Crippen LogP contribution >= 0.6 is 0 Å². The molecule has 36 heavy (non-hydrogen) atoms. The second-order valence-corrected chi connectivity index (χ2v) is 10.8. The van der Waals surface area contributed by atoms with Crippen molar-refractivity contribution < 1.29 is 26.4 Å². The molecule has 0 bridgehead atoms. The molecule has 0 N–H and O–H groups in total. The van der Waals surface area contributed by atoms with Gasteiger partial charge in [-0.15, -0.1) is 0 Å². The van der Waals surface area contributed by atoms with Crippen LogP contribution in [0.1, 0.15) is 41.1 Å². The Morgan fingerprint density at radius 1 is 1.03 bits per heavy atom. The van der Waals surface area contributed by atoms with Crippen LogP contribution < -0.4 is 0 Å². The Morgan fingerprint density at radius 3 is 2.42 bits per heavy atom. The Labute approximate surface area is 207 Å². The van der Waals surface area contributed by atoms with Gasteiger partial charge in [-0.2, -0.15) is 4.39 Å². The van der Waals surface area contributed by atoms with Crippen molar-refractivity contribution in [1.82, 2.24) is 14.9 Å². The lowest BCUT2D eigenvalue weighted by Gasteiger charge is -2.32. The first-order chi connectivity index (χ1) is 17.2. The summed E-state index contributed by atoms with van der Waals surface area (Å²) in [5.74, 6) is -2.89. The highest BCUT2D eigenvalue weighted by molar-refractivity contribution is 7.90. The summed E-state index contributed by atoms with van der Waals surface area (Å²) < 4.78 is 63.1.